The Labute approximate surface area is 259 Å². The molecule has 0 bridgehead atoms. The molecule has 6 rings (SSSR count). The second kappa shape index (κ2) is 13.2. The number of aromatic hydroxyl groups is 1. The van der Waals surface area contributed by atoms with Crippen molar-refractivity contribution in [3.8, 4) is 5.75 Å². The highest BCUT2D eigenvalue weighted by molar-refractivity contribution is 6.05. The Hall–Kier alpha value is -4.88. The number of phenolic OH excluding ortho intramolecular Hbond substituents is 1. The van der Waals surface area contributed by atoms with Gasteiger partial charge in [0, 0.05) is 57.1 Å². The first-order chi connectivity index (χ1) is 21.5. The second-order valence-corrected chi connectivity index (χ2v) is 11.4. The van der Waals surface area contributed by atoms with E-state index >= 15 is 0 Å². The normalized spacial score (nSPS) is 16.5. The number of piperazine rings is 1. The summed E-state index contributed by atoms with van der Waals surface area (Å²) in [5.41, 5.74) is 9.17. The molecular formula is C37H38N4O3. The van der Waals surface area contributed by atoms with Gasteiger partial charge in [0.2, 0.25) is 5.91 Å². The topological polar surface area (TPSA) is 76.1 Å². The van der Waals surface area contributed by atoms with Crippen LogP contribution in [0.25, 0.3) is 11.1 Å². The quantitative estimate of drug-likeness (QED) is 0.230. The van der Waals surface area contributed by atoms with Gasteiger partial charge in [0.25, 0.3) is 0 Å². The summed E-state index contributed by atoms with van der Waals surface area (Å²) >= 11 is 0. The number of benzene rings is 4. The molecule has 4 aromatic rings. The fourth-order valence-corrected chi connectivity index (χ4v) is 6.16. The average molecular weight is 587 g/mol. The lowest BCUT2D eigenvalue weighted by Gasteiger charge is -2.36. The van der Waals surface area contributed by atoms with Crippen molar-refractivity contribution in [1.82, 2.24) is 10.2 Å². The third-order valence-corrected chi connectivity index (χ3v) is 8.54. The molecule has 7 nitrogen and oxygen atoms in total. The van der Waals surface area contributed by atoms with Gasteiger partial charge in [-0.05, 0) is 76.2 Å². The summed E-state index contributed by atoms with van der Waals surface area (Å²) in [4.78, 5) is 30.1. The van der Waals surface area contributed by atoms with Crippen molar-refractivity contribution in [2.75, 3.05) is 42.5 Å². The fourth-order valence-electron chi connectivity index (χ4n) is 6.16. The van der Waals surface area contributed by atoms with Gasteiger partial charge < -0.3 is 10.0 Å². The number of allylic oxidation sites excluding steroid dienone is 1. The number of hydrogen-bond acceptors (Lipinski definition) is 5. The van der Waals surface area contributed by atoms with Crippen molar-refractivity contribution < 1.29 is 14.7 Å². The van der Waals surface area contributed by atoms with E-state index in [4.69, 9.17) is 0 Å². The molecule has 224 valence electrons. The molecule has 0 radical (unpaired) electrons. The average Bonchev–Trinajstić information content (AvgIpc) is 3.06. The van der Waals surface area contributed by atoms with E-state index in [1.165, 1.54) is 28.0 Å². The number of rotatable bonds is 8. The third kappa shape index (κ3) is 6.53. The lowest BCUT2D eigenvalue weighted by molar-refractivity contribution is -0.120. The minimum absolute atomic E-state index is 0.220. The van der Waals surface area contributed by atoms with E-state index in [1.54, 1.807) is 17.0 Å². The first-order valence-electron chi connectivity index (χ1n) is 15.3. The van der Waals surface area contributed by atoms with Crippen LogP contribution in [0, 0.1) is 0 Å². The number of carbonyl (C=O) groups is 2. The van der Waals surface area contributed by atoms with Gasteiger partial charge in [-0.15, -0.1) is 0 Å². The summed E-state index contributed by atoms with van der Waals surface area (Å²) in [7, 11) is 0. The van der Waals surface area contributed by atoms with Crippen LogP contribution in [0.4, 0.5) is 16.2 Å². The van der Waals surface area contributed by atoms with Gasteiger partial charge in [0.15, 0.2) is 0 Å². The molecule has 4 aromatic carbocycles. The van der Waals surface area contributed by atoms with E-state index < -0.39 is 0 Å². The van der Waals surface area contributed by atoms with Gasteiger partial charge in [-0.25, -0.2) is 4.79 Å². The molecule has 2 N–H and O–H groups in total. The Morgan fingerprint density at radius 1 is 0.705 bits per heavy atom. The van der Waals surface area contributed by atoms with Crippen LogP contribution >= 0.6 is 0 Å². The molecule has 2 saturated heterocycles. The van der Waals surface area contributed by atoms with Gasteiger partial charge in [0.1, 0.15) is 5.75 Å². The van der Waals surface area contributed by atoms with E-state index in [0.29, 0.717) is 13.0 Å². The van der Waals surface area contributed by atoms with Crippen LogP contribution in [0.2, 0.25) is 0 Å². The Bertz CT molecular complexity index is 1620. The molecule has 2 aliphatic rings. The molecule has 0 saturated carbocycles. The zero-order valence-corrected chi connectivity index (χ0v) is 25.1. The minimum Gasteiger partial charge on any atom is -0.508 e. The van der Waals surface area contributed by atoms with E-state index in [0.717, 1.165) is 56.0 Å². The monoisotopic (exact) mass is 586 g/mol. The molecule has 44 heavy (non-hydrogen) atoms. The van der Waals surface area contributed by atoms with E-state index in [-0.39, 0.29) is 17.7 Å². The first-order valence-corrected chi connectivity index (χ1v) is 15.3. The number of urea groups is 1. The number of hydrogen-bond donors (Lipinski definition) is 2. The second-order valence-electron chi connectivity index (χ2n) is 11.4. The van der Waals surface area contributed by atoms with Gasteiger partial charge in [-0.1, -0.05) is 73.7 Å². The molecule has 0 spiro atoms. The van der Waals surface area contributed by atoms with Crippen LogP contribution in [0.3, 0.4) is 0 Å². The highest BCUT2D eigenvalue weighted by atomic mass is 16.3. The number of carbonyl (C=O) groups excluding carboxylic acids is 2. The zero-order valence-electron chi connectivity index (χ0n) is 25.1. The maximum atomic E-state index is 12.2. The zero-order chi connectivity index (χ0) is 30.5. The van der Waals surface area contributed by atoms with E-state index in [2.05, 4.69) is 82.7 Å². The molecular weight excluding hydrogens is 548 g/mol. The number of nitrogens with one attached hydrogen (secondary N) is 1. The summed E-state index contributed by atoms with van der Waals surface area (Å²) in [6, 6.07) is 34.7. The summed E-state index contributed by atoms with van der Waals surface area (Å²) in [6.45, 7) is 7.29. The summed E-state index contributed by atoms with van der Waals surface area (Å²) < 4.78 is 0. The predicted molar refractivity (Wildman–Crippen MR) is 177 cm³/mol. The Balaban J connectivity index is 1.12. The molecule has 2 fully saturated rings. The lowest BCUT2D eigenvalue weighted by atomic mass is 9.88. The standard InChI is InChI=1S/C37H38N4O3/c1-2-34(28-6-4-3-5-7-28)36(30-12-18-33(42)19-13-30)29-10-16-31(17-11-29)40-24-22-39(23-25-40)26-27-8-14-32(15-9-27)41-21-20-35(43)38-37(41)44/h3-19,42H,2,20-26H2,1H3,(H,38,43,44). The molecule has 0 unspecified atom stereocenters. The van der Waals surface area contributed by atoms with Gasteiger partial charge in [-0.3, -0.25) is 19.9 Å². The van der Waals surface area contributed by atoms with Crippen LogP contribution < -0.4 is 15.1 Å². The van der Waals surface area contributed by atoms with Crippen molar-refractivity contribution in [1.29, 1.82) is 0 Å². The summed E-state index contributed by atoms with van der Waals surface area (Å²) in [6.07, 6.45) is 1.21. The van der Waals surface area contributed by atoms with E-state index in [1.807, 2.05) is 30.3 Å². The Kier molecular flexibility index (Phi) is 8.75. The largest absolute Gasteiger partial charge is 0.508 e. The van der Waals surface area contributed by atoms with Crippen molar-refractivity contribution in [3.05, 3.63) is 125 Å². The van der Waals surface area contributed by atoms with Gasteiger partial charge in [0.05, 0.1) is 0 Å². The molecule has 2 heterocycles. The number of amides is 3. The van der Waals surface area contributed by atoms with Crippen LogP contribution in [-0.2, 0) is 11.3 Å². The maximum absolute atomic E-state index is 12.2. The summed E-state index contributed by atoms with van der Waals surface area (Å²) in [5.74, 6) is 0.0462. The molecule has 0 atom stereocenters. The fraction of sp³-hybridized carbons (Fsp3) is 0.243. The molecule has 7 heteroatoms. The minimum atomic E-state index is -0.354. The Morgan fingerprint density at radius 2 is 1.32 bits per heavy atom. The van der Waals surface area contributed by atoms with Crippen LogP contribution in [0.15, 0.2) is 103 Å². The third-order valence-electron chi connectivity index (χ3n) is 8.54. The number of phenols is 1. The van der Waals surface area contributed by atoms with Gasteiger partial charge >= 0.3 is 6.03 Å². The highest BCUT2D eigenvalue weighted by Crippen LogP contribution is 2.36. The Morgan fingerprint density at radius 3 is 1.93 bits per heavy atom. The molecule has 0 aliphatic carbocycles. The molecule has 2 aliphatic heterocycles. The van der Waals surface area contributed by atoms with Crippen LogP contribution in [-0.4, -0.2) is 54.7 Å². The van der Waals surface area contributed by atoms with Gasteiger partial charge in [-0.2, -0.15) is 0 Å². The SMILES string of the molecule is CCC(=C(c1ccc(O)cc1)c1ccc(N2CCN(Cc3ccc(N4CCC(=O)NC4=O)cc3)CC2)cc1)c1ccccc1. The number of anilines is 2. The van der Waals surface area contributed by atoms with Crippen molar-refractivity contribution in [3.63, 3.8) is 0 Å². The predicted octanol–water partition coefficient (Wildman–Crippen LogP) is 6.53. The maximum Gasteiger partial charge on any atom is 0.328 e. The van der Waals surface area contributed by atoms with Crippen LogP contribution in [0.5, 0.6) is 5.75 Å². The van der Waals surface area contributed by atoms with Crippen molar-refractivity contribution in [2.24, 2.45) is 0 Å². The molecule has 0 aromatic heterocycles. The number of nitrogens with zero attached hydrogens (tertiary/aromatic N) is 3. The number of imide groups is 1. The molecule has 3 amide bonds. The van der Waals surface area contributed by atoms with Crippen molar-refractivity contribution >= 4 is 34.5 Å². The highest BCUT2D eigenvalue weighted by Gasteiger charge is 2.24. The lowest BCUT2D eigenvalue weighted by Crippen LogP contribution is -2.49. The summed E-state index contributed by atoms with van der Waals surface area (Å²) in [5, 5.41) is 12.3. The first kappa shape index (κ1) is 29.2. The smallest absolute Gasteiger partial charge is 0.328 e. The van der Waals surface area contributed by atoms with Crippen molar-refractivity contribution in [2.45, 2.75) is 26.3 Å². The van der Waals surface area contributed by atoms with Crippen LogP contribution in [0.1, 0.15) is 42.0 Å². The van der Waals surface area contributed by atoms with E-state index in [9.17, 15) is 14.7 Å².